The second-order valence-electron chi connectivity index (χ2n) is 6.47. The van der Waals surface area contributed by atoms with Gasteiger partial charge >= 0.3 is 0 Å². The Kier molecular flexibility index (Phi) is 6.86. The summed E-state index contributed by atoms with van der Waals surface area (Å²) in [4.78, 5) is 26.3. The molecule has 0 radical (unpaired) electrons. The molecule has 0 saturated carbocycles. The molecule has 3 rings (SSSR count). The normalized spacial score (nSPS) is 12.5. The second-order valence-corrected chi connectivity index (χ2v) is 6.47. The lowest BCUT2D eigenvalue weighted by Gasteiger charge is -2.21. The molecule has 7 nitrogen and oxygen atoms in total. The Morgan fingerprint density at radius 1 is 0.964 bits per heavy atom. The first-order chi connectivity index (χ1) is 13.6. The summed E-state index contributed by atoms with van der Waals surface area (Å²) < 4.78 is 11.0. The molecular formula is C21H25N3O4. The van der Waals surface area contributed by atoms with Gasteiger partial charge in [0.1, 0.15) is 13.2 Å². The molecule has 148 valence electrons. The zero-order valence-electron chi connectivity index (χ0n) is 15.9. The van der Waals surface area contributed by atoms with Crippen molar-refractivity contribution in [2.75, 3.05) is 38.2 Å². The number of ether oxygens (including phenoxy) is 2. The molecule has 2 N–H and O–H groups in total. The van der Waals surface area contributed by atoms with Gasteiger partial charge in [0.2, 0.25) is 11.8 Å². The van der Waals surface area contributed by atoms with Gasteiger partial charge < -0.3 is 20.1 Å². The Balaban J connectivity index is 1.47. The van der Waals surface area contributed by atoms with Crippen LogP contribution in [0.5, 0.6) is 11.5 Å². The molecule has 2 aromatic rings. The lowest BCUT2D eigenvalue weighted by atomic mass is 10.2. The number of rotatable bonds is 8. The number of fused-ring (bicyclic) bond motifs is 1. The average molecular weight is 383 g/mol. The maximum absolute atomic E-state index is 12.4. The molecule has 0 aromatic heterocycles. The SMILES string of the molecule is CCN(CC(=O)NCc1ccccc1)CC(=O)Nc1ccc2c(c1)OCCO2. The molecule has 0 unspecified atom stereocenters. The highest BCUT2D eigenvalue weighted by atomic mass is 16.6. The number of hydrogen-bond acceptors (Lipinski definition) is 5. The first-order valence-corrected chi connectivity index (χ1v) is 9.36. The van der Waals surface area contributed by atoms with Crippen molar-refractivity contribution in [3.8, 4) is 11.5 Å². The van der Waals surface area contributed by atoms with E-state index in [0.717, 1.165) is 5.56 Å². The zero-order chi connectivity index (χ0) is 19.8. The molecule has 0 fully saturated rings. The number of nitrogens with zero attached hydrogens (tertiary/aromatic N) is 1. The summed E-state index contributed by atoms with van der Waals surface area (Å²) in [6.45, 7) is 4.29. The summed E-state index contributed by atoms with van der Waals surface area (Å²) in [6, 6.07) is 15.0. The van der Waals surface area contributed by atoms with E-state index in [-0.39, 0.29) is 24.9 Å². The van der Waals surface area contributed by atoms with Crippen LogP contribution in [0.3, 0.4) is 0 Å². The fourth-order valence-corrected chi connectivity index (χ4v) is 2.86. The summed E-state index contributed by atoms with van der Waals surface area (Å²) in [5.74, 6) is 0.999. The van der Waals surface area contributed by atoms with E-state index in [2.05, 4.69) is 10.6 Å². The molecule has 2 amide bonds. The Hall–Kier alpha value is -3.06. The summed E-state index contributed by atoms with van der Waals surface area (Å²) in [5, 5.41) is 5.72. The third-order valence-corrected chi connectivity index (χ3v) is 4.34. The summed E-state index contributed by atoms with van der Waals surface area (Å²) in [5.41, 5.74) is 1.68. The largest absolute Gasteiger partial charge is 0.486 e. The number of carbonyl (C=O) groups excluding carboxylic acids is 2. The van der Waals surface area contributed by atoms with Crippen LogP contribution in [-0.2, 0) is 16.1 Å². The molecule has 0 atom stereocenters. The number of nitrogens with one attached hydrogen (secondary N) is 2. The Morgan fingerprint density at radius 3 is 2.43 bits per heavy atom. The van der Waals surface area contributed by atoms with Gasteiger partial charge in [-0.2, -0.15) is 0 Å². The number of anilines is 1. The van der Waals surface area contributed by atoms with E-state index in [0.29, 0.717) is 43.5 Å². The van der Waals surface area contributed by atoms with Crippen molar-refractivity contribution >= 4 is 17.5 Å². The molecular weight excluding hydrogens is 358 g/mol. The number of carbonyl (C=O) groups is 2. The van der Waals surface area contributed by atoms with Gasteiger partial charge in [0.25, 0.3) is 0 Å². The number of hydrogen-bond donors (Lipinski definition) is 2. The average Bonchev–Trinajstić information content (AvgIpc) is 2.72. The lowest BCUT2D eigenvalue weighted by Crippen LogP contribution is -2.40. The smallest absolute Gasteiger partial charge is 0.238 e. The van der Waals surface area contributed by atoms with Crippen molar-refractivity contribution in [2.45, 2.75) is 13.5 Å². The second kappa shape index (κ2) is 9.75. The fraction of sp³-hybridized carbons (Fsp3) is 0.333. The molecule has 0 spiro atoms. The van der Waals surface area contributed by atoms with Crippen molar-refractivity contribution in [3.63, 3.8) is 0 Å². The topological polar surface area (TPSA) is 79.9 Å². The molecule has 28 heavy (non-hydrogen) atoms. The van der Waals surface area contributed by atoms with E-state index in [4.69, 9.17) is 9.47 Å². The fourth-order valence-electron chi connectivity index (χ4n) is 2.86. The third-order valence-electron chi connectivity index (χ3n) is 4.34. The quantitative estimate of drug-likeness (QED) is 0.729. The molecule has 2 aromatic carbocycles. The highest BCUT2D eigenvalue weighted by Gasteiger charge is 2.15. The lowest BCUT2D eigenvalue weighted by molar-refractivity contribution is -0.123. The summed E-state index contributed by atoms with van der Waals surface area (Å²) >= 11 is 0. The predicted molar refractivity (Wildman–Crippen MR) is 106 cm³/mol. The minimum atomic E-state index is -0.186. The minimum absolute atomic E-state index is 0.113. The number of amides is 2. The predicted octanol–water partition coefficient (Wildman–Crippen LogP) is 2.03. The summed E-state index contributed by atoms with van der Waals surface area (Å²) in [7, 11) is 0. The maximum atomic E-state index is 12.4. The molecule has 0 saturated heterocycles. The van der Waals surface area contributed by atoms with Gasteiger partial charge in [-0.3, -0.25) is 14.5 Å². The van der Waals surface area contributed by atoms with Gasteiger partial charge in [-0.1, -0.05) is 37.3 Å². The zero-order valence-corrected chi connectivity index (χ0v) is 15.9. The maximum Gasteiger partial charge on any atom is 0.238 e. The van der Waals surface area contributed by atoms with Crippen molar-refractivity contribution in [1.29, 1.82) is 0 Å². The van der Waals surface area contributed by atoms with Crippen LogP contribution in [0.25, 0.3) is 0 Å². The van der Waals surface area contributed by atoms with E-state index in [1.807, 2.05) is 37.3 Å². The summed E-state index contributed by atoms with van der Waals surface area (Å²) in [6.07, 6.45) is 0. The van der Waals surface area contributed by atoms with Crippen LogP contribution in [0, 0.1) is 0 Å². The van der Waals surface area contributed by atoms with Crippen LogP contribution in [-0.4, -0.2) is 49.6 Å². The Bertz CT molecular complexity index is 811. The molecule has 0 bridgehead atoms. The van der Waals surface area contributed by atoms with Crippen LogP contribution in [0.4, 0.5) is 5.69 Å². The molecule has 0 aliphatic carbocycles. The molecule has 1 aliphatic rings. The highest BCUT2D eigenvalue weighted by Crippen LogP contribution is 2.32. The van der Waals surface area contributed by atoms with Crippen LogP contribution in [0.2, 0.25) is 0 Å². The Morgan fingerprint density at radius 2 is 1.68 bits per heavy atom. The van der Waals surface area contributed by atoms with Crippen LogP contribution < -0.4 is 20.1 Å². The van der Waals surface area contributed by atoms with Gasteiger partial charge in [0.15, 0.2) is 11.5 Å². The van der Waals surface area contributed by atoms with Crippen LogP contribution >= 0.6 is 0 Å². The standard InChI is InChI=1S/C21H25N3O4/c1-2-24(14-20(25)22-13-16-6-4-3-5-7-16)15-21(26)23-17-8-9-18-19(12-17)28-11-10-27-18/h3-9,12H,2,10-11,13-15H2,1H3,(H,22,25)(H,23,26). The molecule has 1 aliphatic heterocycles. The van der Waals surface area contributed by atoms with Crippen molar-refractivity contribution in [3.05, 3.63) is 54.1 Å². The van der Waals surface area contributed by atoms with Crippen molar-refractivity contribution in [2.24, 2.45) is 0 Å². The minimum Gasteiger partial charge on any atom is -0.486 e. The third kappa shape index (κ3) is 5.72. The Labute approximate surface area is 164 Å². The van der Waals surface area contributed by atoms with E-state index >= 15 is 0 Å². The van der Waals surface area contributed by atoms with E-state index in [1.54, 1.807) is 23.1 Å². The van der Waals surface area contributed by atoms with Gasteiger partial charge in [0, 0.05) is 18.3 Å². The molecule has 7 heteroatoms. The molecule has 1 heterocycles. The number of benzene rings is 2. The first kappa shape index (κ1) is 19.7. The first-order valence-electron chi connectivity index (χ1n) is 9.36. The van der Waals surface area contributed by atoms with Gasteiger partial charge in [-0.15, -0.1) is 0 Å². The monoisotopic (exact) mass is 383 g/mol. The van der Waals surface area contributed by atoms with Crippen LogP contribution in [0.15, 0.2) is 48.5 Å². The van der Waals surface area contributed by atoms with E-state index in [1.165, 1.54) is 0 Å². The van der Waals surface area contributed by atoms with Crippen LogP contribution in [0.1, 0.15) is 12.5 Å². The van der Waals surface area contributed by atoms with E-state index in [9.17, 15) is 9.59 Å². The van der Waals surface area contributed by atoms with Gasteiger partial charge in [0.05, 0.1) is 13.1 Å². The van der Waals surface area contributed by atoms with Crippen molar-refractivity contribution in [1.82, 2.24) is 10.2 Å². The van der Waals surface area contributed by atoms with Gasteiger partial charge in [-0.25, -0.2) is 0 Å². The van der Waals surface area contributed by atoms with Gasteiger partial charge in [-0.05, 0) is 24.2 Å². The number of likely N-dealkylation sites (N-methyl/N-ethyl adjacent to an activating group) is 1. The van der Waals surface area contributed by atoms with Crippen molar-refractivity contribution < 1.29 is 19.1 Å². The van der Waals surface area contributed by atoms with E-state index < -0.39 is 0 Å². The highest BCUT2D eigenvalue weighted by molar-refractivity contribution is 5.93.